The summed E-state index contributed by atoms with van der Waals surface area (Å²) in [6.45, 7) is 10.1. The van der Waals surface area contributed by atoms with Crippen LogP contribution >= 0.6 is 0 Å². The first-order valence-corrected chi connectivity index (χ1v) is 11.5. The Morgan fingerprint density at radius 2 is 1.84 bits per heavy atom. The summed E-state index contributed by atoms with van der Waals surface area (Å²) in [7, 11) is 4.08. The van der Waals surface area contributed by atoms with E-state index in [1.54, 1.807) is 11.1 Å². The predicted octanol–water partition coefficient (Wildman–Crippen LogP) is 1.87. The van der Waals surface area contributed by atoms with Crippen molar-refractivity contribution in [2.24, 2.45) is 11.3 Å². The highest BCUT2D eigenvalue weighted by Crippen LogP contribution is 2.21. The van der Waals surface area contributed by atoms with Gasteiger partial charge in [-0.3, -0.25) is 4.79 Å². The molecule has 2 aliphatic heterocycles. The van der Waals surface area contributed by atoms with Crippen LogP contribution in [0.4, 0.5) is 16.3 Å². The van der Waals surface area contributed by atoms with Crippen molar-refractivity contribution >= 4 is 23.4 Å². The molecule has 0 radical (unpaired) electrons. The molecule has 0 bridgehead atoms. The molecular formula is C23H38N6O3. The number of piperidine rings is 1. The van der Waals surface area contributed by atoms with Crippen molar-refractivity contribution in [3.63, 3.8) is 0 Å². The van der Waals surface area contributed by atoms with Gasteiger partial charge in [0.1, 0.15) is 5.82 Å². The van der Waals surface area contributed by atoms with Crippen LogP contribution in [0.25, 0.3) is 0 Å². The van der Waals surface area contributed by atoms with Gasteiger partial charge in [0.15, 0.2) is 0 Å². The summed E-state index contributed by atoms with van der Waals surface area (Å²) in [5, 5.41) is 6.03. The highest BCUT2D eigenvalue weighted by molar-refractivity contribution is 5.89. The van der Waals surface area contributed by atoms with Gasteiger partial charge in [-0.25, -0.2) is 9.78 Å². The van der Waals surface area contributed by atoms with Crippen molar-refractivity contribution in [2.75, 3.05) is 76.8 Å². The number of likely N-dealkylation sites (tertiary alicyclic amines) is 1. The zero-order valence-electron chi connectivity index (χ0n) is 19.9. The number of hydrogen-bond donors (Lipinski definition) is 2. The van der Waals surface area contributed by atoms with E-state index in [1.165, 1.54) is 0 Å². The summed E-state index contributed by atoms with van der Waals surface area (Å²) in [6, 6.07) is 3.66. The molecule has 32 heavy (non-hydrogen) atoms. The fourth-order valence-corrected chi connectivity index (χ4v) is 4.37. The first-order chi connectivity index (χ1) is 15.2. The van der Waals surface area contributed by atoms with E-state index >= 15 is 0 Å². The van der Waals surface area contributed by atoms with Crippen molar-refractivity contribution in [2.45, 2.75) is 26.7 Å². The number of aromatic nitrogens is 1. The van der Waals surface area contributed by atoms with E-state index in [-0.39, 0.29) is 23.3 Å². The van der Waals surface area contributed by atoms with Gasteiger partial charge < -0.3 is 30.1 Å². The third kappa shape index (κ3) is 7.06. The number of hydrogen-bond acceptors (Lipinski definition) is 6. The minimum absolute atomic E-state index is 0.0190. The lowest BCUT2D eigenvalue weighted by molar-refractivity contribution is -0.126. The second-order valence-corrected chi connectivity index (χ2v) is 9.82. The number of anilines is 2. The van der Waals surface area contributed by atoms with Gasteiger partial charge in [0.2, 0.25) is 5.91 Å². The van der Waals surface area contributed by atoms with Crippen molar-refractivity contribution in [1.29, 1.82) is 0 Å². The Kier molecular flexibility index (Phi) is 8.31. The lowest BCUT2D eigenvalue weighted by atomic mass is 9.91. The molecule has 0 atom stereocenters. The smallest absolute Gasteiger partial charge is 0.321 e. The molecule has 2 fully saturated rings. The van der Waals surface area contributed by atoms with Gasteiger partial charge in [0, 0.05) is 45.2 Å². The Hall–Kier alpha value is -2.39. The molecule has 2 aliphatic rings. The number of nitrogens with one attached hydrogen (secondary N) is 2. The van der Waals surface area contributed by atoms with Gasteiger partial charge in [0.25, 0.3) is 0 Å². The quantitative estimate of drug-likeness (QED) is 0.665. The van der Waals surface area contributed by atoms with Crippen LogP contribution < -0.4 is 15.5 Å². The molecule has 0 spiro atoms. The molecule has 0 unspecified atom stereocenters. The Balaban J connectivity index is 1.41. The molecule has 9 heteroatoms. The number of carbonyl (C=O) groups is 2. The van der Waals surface area contributed by atoms with Crippen LogP contribution in [-0.4, -0.2) is 93.3 Å². The zero-order chi connectivity index (χ0) is 23.1. The van der Waals surface area contributed by atoms with Gasteiger partial charge in [-0.1, -0.05) is 13.8 Å². The minimum atomic E-state index is -0.142. The van der Waals surface area contributed by atoms with Gasteiger partial charge in [0.05, 0.1) is 25.1 Å². The summed E-state index contributed by atoms with van der Waals surface area (Å²) in [5.41, 5.74) is 0.695. The van der Waals surface area contributed by atoms with Gasteiger partial charge in [-0.15, -0.1) is 0 Å². The van der Waals surface area contributed by atoms with Crippen LogP contribution in [0.1, 0.15) is 26.7 Å². The number of ether oxygens (including phenoxy) is 1. The summed E-state index contributed by atoms with van der Waals surface area (Å²) >= 11 is 0. The van der Waals surface area contributed by atoms with Crippen LogP contribution in [0.3, 0.4) is 0 Å². The maximum absolute atomic E-state index is 12.6. The molecular weight excluding hydrogens is 408 g/mol. The van der Waals surface area contributed by atoms with Gasteiger partial charge >= 0.3 is 6.03 Å². The highest BCUT2D eigenvalue weighted by Gasteiger charge is 2.29. The summed E-state index contributed by atoms with van der Waals surface area (Å²) in [5.74, 6) is 0.954. The van der Waals surface area contributed by atoms with E-state index in [0.717, 1.165) is 25.5 Å². The van der Waals surface area contributed by atoms with Gasteiger partial charge in [-0.2, -0.15) is 0 Å². The maximum atomic E-state index is 12.6. The van der Waals surface area contributed by atoms with Crippen molar-refractivity contribution in [3.05, 3.63) is 18.3 Å². The largest absolute Gasteiger partial charge is 0.378 e. The van der Waals surface area contributed by atoms with Crippen molar-refractivity contribution in [1.82, 2.24) is 20.1 Å². The van der Waals surface area contributed by atoms with E-state index in [4.69, 9.17) is 4.74 Å². The van der Waals surface area contributed by atoms with E-state index in [9.17, 15) is 9.59 Å². The van der Waals surface area contributed by atoms with Crippen molar-refractivity contribution < 1.29 is 14.3 Å². The van der Waals surface area contributed by atoms with Crippen LogP contribution in [0.5, 0.6) is 0 Å². The molecule has 3 rings (SSSR count). The Labute approximate surface area is 191 Å². The van der Waals surface area contributed by atoms with Crippen LogP contribution in [0, 0.1) is 11.3 Å². The van der Waals surface area contributed by atoms with E-state index in [0.29, 0.717) is 51.4 Å². The number of pyridine rings is 1. The minimum Gasteiger partial charge on any atom is -0.378 e. The number of urea groups is 1. The van der Waals surface area contributed by atoms with Crippen molar-refractivity contribution in [3.8, 4) is 0 Å². The second-order valence-electron chi connectivity index (χ2n) is 9.82. The molecule has 2 saturated heterocycles. The molecule has 178 valence electrons. The molecule has 0 aromatic carbocycles. The van der Waals surface area contributed by atoms with Crippen LogP contribution in [0.2, 0.25) is 0 Å². The summed E-state index contributed by atoms with van der Waals surface area (Å²) < 4.78 is 5.37. The normalized spacial score (nSPS) is 18.0. The number of carbonyl (C=O) groups excluding carboxylic acids is 2. The number of amides is 3. The average Bonchev–Trinajstić information content (AvgIpc) is 2.78. The predicted molar refractivity (Wildman–Crippen MR) is 126 cm³/mol. The Morgan fingerprint density at radius 3 is 2.44 bits per heavy atom. The maximum Gasteiger partial charge on any atom is 0.321 e. The molecule has 0 saturated carbocycles. The molecule has 0 aliphatic carbocycles. The molecule has 2 N–H and O–H groups in total. The molecule has 3 amide bonds. The fourth-order valence-electron chi connectivity index (χ4n) is 4.37. The average molecular weight is 447 g/mol. The van der Waals surface area contributed by atoms with Crippen LogP contribution in [0.15, 0.2) is 18.3 Å². The SMILES string of the molecule is CN(C)CC(C)(C)CNC(=O)C1CCN(C(=O)Nc2ccc(N3CCOCC3)nc2)CC1. The Morgan fingerprint density at radius 1 is 1.16 bits per heavy atom. The molecule has 9 nitrogen and oxygen atoms in total. The van der Waals surface area contributed by atoms with E-state index in [1.807, 2.05) is 26.2 Å². The van der Waals surface area contributed by atoms with E-state index < -0.39 is 0 Å². The Bertz CT molecular complexity index is 754. The second kappa shape index (κ2) is 11.0. The first-order valence-electron chi connectivity index (χ1n) is 11.5. The third-order valence-corrected chi connectivity index (χ3v) is 5.97. The number of morpholine rings is 1. The van der Waals surface area contributed by atoms with Gasteiger partial charge in [-0.05, 0) is 44.5 Å². The standard InChI is InChI=1S/C23H38N6O3/c1-23(2,17-27(3)4)16-25-21(30)18-7-9-29(10-8-18)22(31)26-19-5-6-20(24-15-19)28-11-13-32-14-12-28/h5-6,15,18H,7-14,16-17H2,1-4H3,(H,25,30)(H,26,31). The number of nitrogens with zero attached hydrogens (tertiary/aromatic N) is 4. The third-order valence-electron chi connectivity index (χ3n) is 5.97. The monoisotopic (exact) mass is 446 g/mol. The topological polar surface area (TPSA) is 90.0 Å². The lowest BCUT2D eigenvalue weighted by Gasteiger charge is -2.33. The zero-order valence-corrected chi connectivity index (χ0v) is 19.9. The lowest BCUT2D eigenvalue weighted by Crippen LogP contribution is -2.46. The number of rotatable bonds is 7. The summed E-state index contributed by atoms with van der Waals surface area (Å²) in [6.07, 6.45) is 3.06. The fraction of sp³-hybridized carbons (Fsp3) is 0.696. The van der Waals surface area contributed by atoms with E-state index in [2.05, 4.69) is 39.3 Å². The first kappa shape index (κ1) is 24.3. The molecule has 3 heterocycles. The molecule has 1 aromatic heterocycles. The molecule has 1 aromatic rings. The van der Waals surface area contributed by atoms with Crippen LogP contribution in [-0.2, 0) is 9.53 Å². The highest BCUT2D eigenvalue weighted by atomic mass is 16.5. The summed E-state index contributed by atoms with van der Waals surface area (Å²) in [4.78, 5) is 35.8.